The summed E-state index contributed by atoms with van der Waals surface area (Å²) in [4.78, 5) is 13.2. The third-order valence-electron chi connectivity index (χ3n) is 1.38. The van der Waals surface area contributed by atoms with Gasteiger partial charge < -0.3 is 4.98 Å². The van der Waals surface area contributed by atoms with Crippen molar-refractivity contribution in [3.05, 3.63) is 33.7 Å². The van der Waals surface area contributed by atoms with Crippen LogP contribution in [0.3, 0.4) is 0 Å². The van der Waals surface area contributed by atoms with Crippen molar-refractivity contribution in [2.24, 2.45) is 0 Å². The van der Waals surface area contributed by atoms with E-state index in [1.165, 1.54) is 6.07 Å². The fourth-order valence-electron chi connectivity index (χ4n) is 0.776. The third-order valence-corrected chi connectivity index (χ3v) is 1.98. The van der Waals surface area contributed by atoms with Crippen molar-refractivity contribution < 1.29 is 8.78 Å². The molecule has 0 unspecified atom stereocenters. The summed E-state index contributed by atoms with van der Waals surface area (Å²) in [6, 6.07) is 2.59. The van der Waals surface area contributed by atoms with E-state index < -0.39 is 17.5 Å². The number of hydrogen-bond acceptors (Lipinski definition) is 1. The summed E-state index contributed by atoms with van der Waals surface area (Å²) in [6.07, 6.45) is -2.71. The number of aromatic nitrogens is 1. The smallest absolute Gasteiger partial charge is 0.269 e. The lowest BCUT2D eigenvalue weighted by Gasteiger charge is -1.99. The number of pyridine rings is 1. The monoisotopic (exact) mass is 237 g/mol. The van der Waals surface area contributed by atoms with Crippen molar-refractivity contribution >= 4 is 15.9 Å². The van der Waals surface area contributed by atoms with Crippen molar-refractivity contribution in [1.82, 2.24) is 4.98 Å². The van der Waals surface area contributed by atoms with Crippen molar-refractivity contribution in [3.8, 4) is 0 Å². The van der Waals surface area contributed by atoms with Crippen molar-refractivity contribution in [2.45, 2.75) is 11.8 Å². The maximum absolute atomic E-state index is 12.0. The first-order valence-electron chi connectivity index (χ1n) is 3.21. The second-order valence-electron chi connectivity index (χ2n) is 2.20. The maximum Gasteiger partial charge on any atom is 0.269 e. The Morgan fingerprint density at radius 3 is 2.58 bits per heavy atom. The molecule has 1 N–H and O–H groups in total. The van der Waals surface area contributed by atoms with Gasteiger partial charge in [0.2, 0.25) is 0 Å². The van der Waals surface area contributed by atoms with Gasteiger partial charge in [0.25, 0.3) is 12.0 Å². The van der Waals surface area contributed by atoms with Crippen molar-refractivity contribution in [3.63, 3.8) is 0 Å². The molecule has 1 heterocycles. The van der Waals surface area contributed by atoms with E-state index in [4.69, 9.17) is 0 Å². The molecule has 0 saturated heterocycles. The Kier molecular flexibility index (Phi) is 2.97. The number of aromatic amines is 1. The average Bonchev–Trinajstić information content (AvgIpc) is 2.03. The van der Waals surface area contributed by atoms with E-state index in [9.17, 15) is 13.6 Å². The molecule has 0 saturated carbocycles. The Hall–Kier alpha value is -0.710. The number of H-pyrrole nitrogens is 1. The standard InChI is InChI=1S/C7H6BrF2NO/c8-3-4-1-2-5(6(9)10)7(12)11-4/h1-2,6H,3H2,(H,11,12). The summed E-state index contributed by atoms with van der Waals surface area (Å²) in [5, 5.41) is 0.450. The first-order valence-corrected chi connectivity index (χ1v) is 4.33. The third kappa shape index (κ3) is 1.91. The highest BCUT2D eigenvalue weighted by molar-refractivity contribution is 9.08. The number of rotatable bonds is 2. The molecule has 0 fully saturated rings. The van der Waals surface area contributed by atoms with E-state index in [-0.39, 0.29) is 0 Å². The molecule has 1 aromatic rings. The highest BCUT2D eigenvalue weighted by atomic mass is 79.9. The predicted molar refractivity (Wildman–Crippen MR) is 44.7 cm³/mol. The second-order valence-corrected chi connectivity index (χ2v) is 2.76. The lowest BCUT2D eigenvalue weighted by atomic mass is 10.2. The van der Waals surface area contributed by atoms with Gasteiger partial charge in [-0.2, -0.15) is 0 Å². The molecule has 0 spiro atoms. The van der Waals surface area contributed by atoms with Crippen LogP contribution in [0.1, 0.15) is 17.7 Å². The minimum absolute atomic E-state index is 0.450. The lowest BCUT2D eigenvalue weighted by molar-refractivity contribution is 0.149. The molecule has 0 bridgehead atoms. The molecule has 0 atom stereocenters. The Balaban J connectivity index is 3.12. The van der Waals surface area contributed by atoms with E-state index in [1.54, 1.807) is 0 Å². The van der Waals surface area contributed by atoms with Gasteiger partial charge in [-0.15, -0.1) is 0 Å². The molecule has 0 radical (unpaired) electrons. The molecule has 0 aromatic carbocycles. The van der Waals surface area contributed by atoms with Crippen LogP contribution in [0.5, 0.6) is 0 Å². The molecule has 2 nitrogen and oxygen atoms in total. The zero-order valence-electron chi connectivity index (χ0n) is 5.98. The molecule has 1 rings (SSSR count). The number of nitrogens with one attached hydrogen (secondary N) is 1. The SMILES string of the molecule is O=c1[nH]c(CBr)ccc1C(F)F. The van der Waals surface area contributed by atoms with Gasteiger partial charge in [-0.25, -0.2) is 8.78 Å². The van der Waals surface area contributed by atoms with Gasteiger partial charge in [0.05, 0.1) is 5.56 Å². The average molecular weight is 238 g/mol. The number of hydrogen-bond donors (Lipinski definition) is 1. The zero-order valence-corrected chi connectivity index (χ0v) is 7.57. The van der Waals surface area contributed by atoms with Crippen LogP contribution < -0.4 is 5.56 Å². The molecular weight excluding hydrogens is 232 g/mol. The van der Waals surface area contributed by atoms with Crippen LogP contribution in [0.25, 0.3) is 0 Å². The van der Waals surface area contributed by atoms with Gasteiger partial charge in [0, 0.05) is 11.0 Å². The van der Waals surface area contributed by atoms with Crippen LogP contribution >= 0.6 is 15.9 Å². The van der Waals surface area contributed by atoms with Crippen molar-refractivity contribution in [1.29, 1.82) is 0 Å². The van der Waals surface area contributed by atoms with Gasteiger partial charge in [-0.3, -0.25) is 4.79 Å². The van der Waals surface area contributed by atoms with Gasteiger partial charge in [-0.05, 0) is 12.1 Å². The number of halogens is 3. The fourth-order valence-corrected chi connectivity index (χ4v) is 1.10. The van der Waals surface area contributed by atoms with Gasteiger partial charge in [-0.1, -0.05) is 15.9 Å². The van der Waals surface area contributed by atoms with E-state index in [2.05, 4.69) is 20.9 Å². The van der Waals surface area contributed by atoms with Crippen LogP contribution in [0.2, 0.25) is 0 Å². The Morgan fingerprint density at radius 1 is 1.50 bits per heavy atom. The fraction of sp³-hybridized carbons (Fsp3) is 0.286. The van der Waals surface area contributed by atoms with Crippen LogP contribution in [0.15, 0.2) is 16.9 Å². The van der Waals surface area contributed by atoms with E-state index in [1.807, 2.05) is 0 Å². The second kappa shape index (κ2) is 3.80. The largest absolute Gasteiger partial charge is 0.325 e. The number of alkyl halides is 3. The molecule has 0 aliphatic carbocycles. The Bertz CT molecular complexity index is 323. The summed E-state index contributed by atoms with van der Waals surface area (Å²) < 4.78 is 24.1. The molecule has 5 heteroatoms. The van der Waals surface area contributed by atoms with Gasteiger partial charge >= 0.3 is 0 Å². The molecule has 12 heavy (non-hydrogen) atoms. The van der Waals surface area contributed by atoms with E-state index in [0.29, 0.717) is 11.0 Å². The molecule has 1 aromatic heterocycles. The summed E-state index contributed by atoms with van der Waals surface area (Å²) in [7, 11) is 0. The molecule has 0 aliphatic heterocycles. The minimum Gasteiger partial charge on any atom is -0.325 e. The zero-order chi connectivity index (χ0) is 9.14. The normalized spacial score (nSPS) is 10.7. The molecule has 66 valence electrons. The van der Waals surface area contributed by atoms with Crippen LogP contribution in [0, 0.1) is 0 Å². The van der Waals surface area contributed by atoms with Crippen LogP contribution in [-0.2, 0) is 5.33 Å². The molecule has 0 aliphatic rings. The predicted octanol–water partition coefficient (Wildman–Crippen LogP) is 2.21. The van der Waals surface area contributed by atoms with E-state index >= 15 is 0 Å². The Morgan fingerprint density at radius 2 is 2.17 bits per heavy atom. The highest BCUT2D eigenvalue weighted by Crippen LogP contribution is 2.14. The summed E-state index contributed by atoms with van der Waals surface area (Å²) in [6.45, 7) is 0. The topological polar surface area (TPSA) is 32.9 Å². The first kappa shape index (κ1) is 9.38. The summed E-state index contributed by atoms with van der Waals surface area (Å²) >= 11 is 3.10. The molecule has 0 amide bonds. The van der Waals surface area contributed by atoms with Crippen LogP contribution in [-0.4, -0.2) is 4.98 Å². The van der Waals surface area contributed by atoms with Gasteiger partial charge in [0.1, 0.15) is 0 Å². The highest BCUT2D eigenvalue weighted by Gasteiger charge is 2.11. The summed E-state index contributed by atoms with van der Waals surface area (Å²) in [5.41, 5.74) is -0.619. The lowest BCUT2D eigenvalue weighted by Crippen LogP contribution is -2.13. The first-order chi connectivity index (χ1) is 5.65. The molecular formula is C7H6BrF2NO. The maximum atomic E-state index is 12.0. The Labute approximate surface area is 75.7 Å². The van der Waals surface area contributed by atoms with E-state index in [0.717, 1.165) is 6.07 Å². The quantitative estimate of drug-likeness (QED) is 0.787. The minimum atomic E-state index is -2.71. The van der Waals surface area contributed by atoms with Gasteiger partial charge in [0.15, 0.2) is 0 Å². The summed E-state index contributed by atoms with van der Waals surface area (Å²) in [5.74, 6) is 0. The van der Waals surface area contributed by atoms with Crippen LogP contribution in [0.4, 0.5) is 8.78 Å². The van der Waals surface area contributed by atoms with Crippen molar-refractivity contribution in [2.75, 3.05) is 0 Å².